The van der Waals surface area contributed by atoms with Crippen LogP contribution < -0.4 is 11.1 Å². The van der Waals surface area contributed by atoms with Crippen LogP contribution in [0.2, 0.25) is 5.02 Å². The average Bonchev–Trinajstić information content (AvgIpc) is 2.32. The van der Waals surface area contributed by atoms with E-state index in [1.165, 1.54) is 18.2 Å². The van der Waals surface area contributed by atoms with Gasteiger partial charge in [0.1, 0.15) is 5.82 Å². The first kappa shape index (κ1) is 14.3. The Morgan fingerprint density at radius 1 is 1.15 bits per heavy atom. The van der Waals surface area contributed by atoms with E-state index in [9.17, 15) is 9.18 Å². The van der Waals surface area contributed by atoms with E-state index in [1.807, 2.05) is 19.9 Å². The van der Waals surface area contributed by atoms with Gasteiger partial charge in [0.25, 0.3) is 5.91 Å². The molecule has 0 aliphatic carbocycles. The molecule has 2 rings (SSSR count). The number of benzene rings is 2. The zero-order chi connectivity index (χ0) is 14.9. The van der Waals surface area contributed by atoms with Crippen LogP contribution in [0.3, 0.4) is 0 Å². The number of nitrogens with one attached hydrogen (secondary N) is 1. The number of nitrogen functional groups attached to an aromatic ring is 1. The lowest BCUT2D eigenvalue weighted by atomic mass is 10.0. The highest BCUT2D eigenvalue weighted by Gasteiger charge is 2.12. The molecule has 104 valence electrons. The summed E-state index contributed by atoms with van der Waals surface area (Å²) >= 11 is 5.75. The van der Waals surface area contributed by atoms with Gasteiger partial charge in [-0.15, -0.1) is 0 Å². The number of hydrogen-bond acceptors (Lipinski definition) is 2. The minimum atomic E-state index is -0.507. The van der Waals surface area contributed by atoms with Crippen molar-refractivity contribution in [3.63, 3.8) is 0 Å². The largest absolute Gasteiger partial charge is 0.398 e. The molecule has 0 spiro atoms. The lowest BCUT2D eigenvalue weighted by Crippen LogP contribution is -2.14. The SMILES string of the molecule is Cc1cc(C)c(C(=O)Nc2cc(F)cc(Cl)c2)cc1N. The van der Waals surface area contributed by atoms with Crippen LogP contribution in [0.25, 0.3) is 0 Å². The van der Waals surface area contributed by atoms with E-state index >= 15 is 0 Å². The van der Waals surface area contributed by atoms with Crippen molar-refractivity contribution in [1.29, 1.82) is 0 Å². The highest BCUT2D eigenvalue weighted by Crippen LogP contribution is 2.21. The van der Waals surface area contributed by atoms with Crippen LogP contribution in [0.15, 0.2) is 30.3 Å². The Morgan fingerprint density at radius 3 is 2.50 bits per heavy atom. The third kappa shape index (κ3) is 3.08. The Kier molecular flexibility index (Phi) is 3.95. The van der Waals surface area contributed by atoms with Gasteiger partial charge in [-0.3, -0.25) is 4.79 Å². The van der Waals surface area contributed by atoms with E-state index in [2.05, 4.69) is 5.32 Å². The van der Waals surface area contributed by atoms with Crippen molar-refractivity contribution in [2.45, 2.75) is 13.8 Å². The number of anilines is 2. The smallest absolute Gasteiger partial charge is 0.256 e. The standard InChI is InChI=1S/C15H14ClFN2O/c1-8-3-9(2)14(18)7-13(8)15(20)19-12-5-10(16)4-11(17)6-12/h3-7H,18H2,1-2H3,(H,19,20). The molecule has 0 saturated carbocycles. The summed E-state index contributed by atoms with van der Waals surface area (Å²) in [6.07, 6.45) is 0. The summed E-state index contributed by atoms with van der Waals surface area (Å²) in [7, 11) is 0. The lowest BCUT2D eigenvalue weighted by molar-refractivity contribution is 0.102. The molecule has 0 saturated heterocycles. The van der Waals surface area contributed by atoms with Crippen molar-refractivity contribution < 1.29 is 9.18 Å². The molecule has 2 aromatic rings. The predicted molar refractivity (Wildman–Crippen MR) is 79.7 cm³/mol. The van der Waals surface area contributed by atoms with Gasteiger partial charge in [-0.1, -0.05) is 17.7 Å². The molecule has 0 unspecified atom stereocenters. The zero-order valence-corrected chi connectivity index (χ0v) is 11.9. The summed E-state index contributed by atoms with van der Waals surface area (Å²) in [4.78, 5) is 12.2. The molecule has 0 radical (unpaired) electrons. The summed E-state index contributed by atoms with van der Waals surface area (Å²) in [6, 6.07) is 7.31. The molecule has 0 heterocycles. The number of halogens is 2. The van der Waals surface area contributed by atoms with Crippen molar-refractivity contribution in [2.24, 2.45) is 0 Å². The van der Waals surface area contributed by atoms with E-state index in [1.54, 1.807) is 6.07 Å². The minimum absolute atomic E-state index is 0.223. The Bertz CT molecular complexity index is 666. The fraction of sp³-hybridized carbons (Fsp3) is 0.133. The molecular weight excluding hydrogens is 279 g/mol. The molecule has 0 aliphatic heterocycles. The van der Waals surface area contributed by atoms with Gasteiger partial charge in [0.05, 0.1) is 0 Å². The molecule has 3 nitrogen and oxygen atoms in total. The van der Waals surface area contributed by atoms with Crippen LogP contribution in [0, 0.1) is 19.7 Å². The predicted octanol–water partition coefficient (Wildman–Crippen LogP) is 3.93. The highest BCUT2D eigenvalue weighted by atomic mass is 35.5. The van der Waals surface area contributed by atoms with Crippen LogP contribution in [0.4, 0.5) is 15.8 Å². The molecular formula is C15H14ClFN2O. The van der Waals surface area contributed by atoms with Crippen molar-refractivity contribution in [3.8, 4) is 0 Å². The second-order valence-electron chi connectivity index (χ2n) is 4.64. The number of carbonyl (C=O) groups is 1. The van der Waals surface area contributed by atoms with Gasteiger partial charge in [-0.05, 0) is 49.2 Å². The Morgan fingerprint density at radius 2 is 1.85 bits per heavy atom. The van der Waals surface area contributed by atoms with Gasteiger partial charge < -0.3 is 11.1 Å². The number of aryl methyl sites for hydroxylation is 2. The van der Waals surface area contributed by atoms with E-state index in [0.29, 0.717) is 16.9 Å². The quantitative estimate of drug-likeness (QED) is 0.824. The van der Waals surface area contributed by atoms with E-state index in [-0.39, 0.29) is 10.9 Å². The molecule has 0 bridgehead atoms. The Labute approximate surface area is 121 Å². The Balaban J connectivity index is 2.30. The molecule has 0 atom stereocenters. The first-order valence-electron chi connectivity index (χ1n) is 6.01. The Hall–Kier alpha value is -2.07. The summed E-state index contributed by atoms with van der Waals surface area (Å²) in [5.41, 5.74) is 8.82. The molecule has 0 fully saturated rings. The first-order valence-corrected chi connectivity index (χ1v) is 6.39. The maximum atomic E-state index is 13.2. The fourth-order valence-corrected chi connectivity index (χ4v) is 2.16. The van der Waals surface area contributed by atoms with Gasteiger partial charge in [0.15, 0.2) is 0 Å². The first-order chi connectivity index (χ1) is 9.36. The number of carbonyl (C=O) groups excluding carboxylic acids is 1. The van der Waals surface area contributed by atoms with Crippen molar-refractivity contribution in [2.75, 3.05) is 11.1 Å². The second-order valence-corrected chi connectivity index (χ2v) is 5.07. The molecule has 3 N–H and O–H groups in total. The van der Waals surface area contributed by atoms with Crippen LogP contribution in [-0.4, -0.2) is 5.91 Å². The van der Waals surface area contributed by atoms with Gasteiger partial charge in [0.2, 0.25) is 0 Å². The fourth-order valence-electron chi connectivity index (χ4n) is 1.94. The van der Waals surface area contributed by atoms with Gasteiger partial charge in [-0.25, -0.2) is 4.39 Å². The average molecular weight is 293 g/mol. The summed E-state index contributed by atoms with van der Waals surface area (Å²) in [5, 5.41) is 2.83. The van der Waals surface area contributed by atoms with Crippen molar-refractivity contribution in [3.05, 3.63) is 57.9 Å². The number of amides is 1. The number of hydrogen-bond donors (Lipinski definition) is 2. The third-order valence-electron chi connectivity index (χ3n) is 2.98. The topological polar surface area (TPSA) is 55.1 Å². The van der Waals surface area contributed by atoms with Crippen LogP contribution in [0.5, 0.6) is 0 Å². The molecule has 0 aliphatic rings. The van der Waals surface area contributed by atoms with Crippen LogP contribution in [0.1, 0.15) is 21.5 Å². The normalized spacial score (nSPS) is 10.4. The van der Waals surface area contributed by atoms with Gasteiger partial charge >= 0.3 is 0 Å². The molecule has 1 amide bonds. The number of rotatable bonds is 2. The van der Waals surface area contributed by atoms with Gasteiger partial charge in [-0.2, -0.15) is 0 Å². The summed E-state index contributed by atoms with van der Waals surface area (Å²) in [5.74, 6) is -0.858. The van der Waals surface area contributed by atoms with Crippen molar-refractivity contribution >= 4 is 28.9 Å². The summed E-state index contributed by atoms with van der Waals surface area (Å²) in [6.45, 7) is 3.69. The van der Waals surface area contributed by atoms with Crippen LogP contribution >= 0.6 is 11.6 Å². The van der Waals surface area contributed by atoms with Gasteiger partial charge in [0, 0.05) is 22.0 Å². The molecule has 2 aromatic carbocycles. The third-order valence-corrected chi connectivity index (χ3v) is 3.20. The highest BCUT2D eigenvalue weighted by molar-refractivity contribution is 6.31. The molecule has 5 heteroatoms. The molecule has 0 aromatic heterocycles. The number of nitrogens with two attached hydrogens (primary N) is 1. The monoisotopic (exact) mass is 292 g/mol. The zero-order valence-electron chi connectivity index (χ0n) is 11.1. The van der Waals surface area contributed by atoms with E-state index in [4.69, 9.17) is 17.3 Å². The molecule has 20 heavy (non-hydrogen) atoms. The van der Waals surface area contributed by atoms with E-state index in [0.717, 1.165) is 11.1 Å². The van der Waals surface area contributed by atoms with E-state index < -0.39 is 5.82 Å². The maximum Gasteiger partial charge on any atom is 0.256 e. The summed E-state index contributed by atoms with van der Waals surface area (Å²) < 4.78 is 13.2. The minimum Gasteiger partial charge on any atom is -0.398 e. The maximum absolute atomic E-state index is 13.2. The second kappa shape index (κ2) is 5.51. The van der Waals surface area contributed by atoms with Crippen LogP contribution in [-0.2, 0) is 0 Å². The lowest BCUT2D eigenvalue weighted by Gasteiger charge is -2.10. The van der Waals surface area contributed by atoms with Crippen molar-refractivity contribution in [1.82, 2.24) is 0 Å².